The molecule has 7 heteroatoms. The second-order valence-corrected chi connectivity index (χ2v) is 6.04. The first kappa shape index (κ1) is 14.3. The summed E-state index contributed by atoms with van der Waals surface area (Å²) in [5.74, 6) is -0.0741. The van der Waals surface area contributed by atoms with Gasteiger partial charge in [-0.2, -0.15) is 0 Å². The molecule has 1 aromatic carbocycles. The molecule has 0 saturated heterocycles. The highest BCUT2D eigenvalue weighted by Gasteiger charge is 2.15. The molecule has 6 nitrogen and oxygen atoms in total. The fraction of sp³-hybridized carbons (Fsp3) is 0.231. The third-order valence-corrected chi connectivity index (χ3v) is 4.07. The van der Waals surface area contributed by atoms with Crippen LogP contribution in [0.5, 0.6) is 0 Å². The van der Waals surface area contributed by atoms with E-state index in [2.05, 4.69) is 14.7 Å². The van der Waals surface area contributed by atoms with E-state index >= 15 is 0 Å². The topological polar surface area (TPSA) is 91.9 Å². The van der Waals surface area contributed by atoms with Crippen molar-refractivity contribution in [2.75, 3.05) is 4.72 Å². The first-order valence-electron chi connectivity index (χ1n) is 6.10. The number of aromatic amines is 1. The van der Waals surface area contributed by atoms with Gasteiger partial charge in [-0.1, -0.05) is 24.6 Å². The smallest absolute Gasteiger partial charge is 0.264 e. The van der Waals surface area contributed by atoms with Gasteiger partial charge in [-0.15, -0.1) is 0 Å². The molecule has 0 amide bonds. The van der Waals surface area contributed by atoms with Gasteiger partial charge in [0.1, 0.15) is 0 Å². The Bertz CT molecular complexity index is 764. The molecule has 0 bridgehead atoms. The van der Waals surface area contributed by atoms with Gasteiger partial charge >= 0.3 is 0 Å². The molecule has 0 atom stereocenters. The molecule has 1 heterocycles. The Morgan fingerprint density at radius 3 is 2.50 bits per heavy atom. The number of nitrogens with one attached hydrogen (secondary N) is 2. The average Bonchev–Trinajstić information content (AvgIpc) is 2.37. The van der Waals surface area contributed by atoms with Crippen LogP contribution in [-0.4, -0.2) is 18.4 Å². The van der Waals surface area contributed by atoms with Crippen LogP contribution in [0.25, 0.3) is 0 Å². The maximum Gasteiger partial charge on any atom is 0.264 e. The van der Waals surface area contributed by atoms with E-state index in [1.165, 1.54) is 18.2 Å². The molecule has 2 aromatic rings. The van der Waals surface area contributed by atoms with E-state index < -0.39 is 15.6 Å². The minimum Gasteiger partial charge on any atom is -0.292 e. The molecule has 0 unspecified atom stereocenters. The first-order valence-corrected chi connectivity index (χ1v) is 7.59. The number of sulfonamides is 1. The Morgan fingerprint density at radius 2 is 1.90 bits per heavy atom. The van der Waals surface area contributed by atoms with Gasteiger partial charge in [0.2, 0.25) is 5.95 Å². The van der Waals surface area contributed by atoms with Crippen molar-refractivity contribution >= 4 is 16.0 Å². The molecular weight excluding hydrogens is 278 g/mol. The van der Waals surface area contributed by atoms with Gasteiger partial charge < -0.3 is 0 Å². The number of H-pyrrole nitrogens is 1. The highest BCUT2D eigenvalue weighted by atomic mass is 32.2. The maximum absolute atomic E-state index is 12.2. The summed E-state index contributed by atoms with van der Waals surface area (Å²) in [4.78, 5) is 17.9. The van der Waals surface area contributed by atoms with E-state index in [9.17, 15) is 13.2 Å². The Kier molecular flexibility index (Phi) is 3.89. The highest BCUT2D eigenvalue weighted by Crippen LogP contribution is 2.13. The molecule has 2 rings (SSSR count). The van der Waals surface area contributed by atoms with Gasteiger partial charge in [0, 0.05) is 11.8 Å². The van der Waals surface area contributed by atoms with E-state index in [1.54, 1.807) is 12.1 Å². The fourth-order valence-corrected chi connectivity index (χ4v) is 2.60. The lowest BCUT2D eigenvalue weighted by molar-refractivity contribution is 0.600. The number of aromatic nitrogens is 2. The molecule has 2 N–H and O–H groups in total. The van der Waals surface area contributed by atoms with Crippen molar-refractivity contribution in [3.63, 3.8) is 0 Å². The Hall–Kier alpha value is -2.15. The van der Waals surface area contributed by atoms with Crippen molar-refractivity contribution in [2.45, 2.75) is 25.2 Å². The fourth-order valence-electron chi connectivity index (χ4n) is 1.64. The highest BCUT2D eigenvalue weighted by molar-refractivity contribution is 7.92. The molecule has 0 aliphatic carbocycles. The zero-order valence-corrected chi connectivity index (χ0v) is 12.0. The van der Waals surface area contributed by atoms with Crippen LogP contribution in [0.15, 0.2) is 40.0 Å². The second-order valence-electron chi connectivity index (χ2n) is 4.36. The van der Waals surface area contributed by atoms with Crippen molar-refractivity contribution in [3.8, 4) is 0 Å². The summed E-state index contributed by atoms with van der Waals surface area (Å²) in [6, 6.07) is 7.74. The van der Waals surface area contributed by atoms with Crippen molar-refractivity contribution in [2.24, 2.45) is 0 Å². The number of anilines is 1. The molecular formula is C13H15N3O3S. The second kappa shape index (κ2) is 5.46. The molecule has 0 fully saturated rings. The van der Waals surface area contributed by atoms with E-state index in [-0.39, 0.29) is 10.8 Å². The van der Waals surface area contributed by atoms with Gasteiger partial charge in [-0.25, -0.2) is 18.1 Å². The van der Waals surface area contributed by atoms with Crippen LogP contribution in [0, 0.1) is 6.92 Å². The summed E-state index contributed by atoms with van der Waals surface area (Å²) in [7, 11) is -3.75. The van der Waals surface area contributed by atoms with Gasteiger partial charge in [-0.05, 0) is 25.5 Å². The minimum absolute atomic E-state index is 0.0741. The van der Waals surface area contributed by atoms with Crippen molar-refractivity contribution in [1.82, 2.24) is 9.97 Å². The van der Waals surface area contributed by atoms with Gasteiger partial charge in [0.15, 0.2) is 0 Å². The third-order valence-electron chi connectivity index (χ3n) is 2.72. The lowest BCUT2D eigenvalue weighted by Crippen LogP contribution is -2.19. The number of benzene rings is 1. The lowest BCUT2D eigenvalue weighted by Gasteiger charge is -2.08. The van der Waals surface area contributed by atoms with E-state index in [0.29, 0.717) is 12.1 Å². The number of nitrogens with zero attached hydrogens (tertiary/aromatic N) is 1. The minimum atomic E-state index is -3.75. The SMILES string of the molecule is CCc1cc(=O)[nH]c(NS(=O)(=O)c2ccc(C)cc2)n1. The largest absolute Gasteiger partial charge is 0.292 e. The molecule has 0 aliphatic rings. The number of rotatable bonds is 4. The molecule has 20 heavy (non-hydrogen) atoms. The van der Waals surface area contributed by atoms with Crippen molar-refractivity contribution in [1.29, 1.82) is 0 Å². The van der Waals surface area contributed by atoms with Crippen LogP contribution in [0.1, 0.15) is 18.2 Å². The van der Waals surface area contributed by atoms with Gasteiger partial charge in [0.25, 0.3) is 15.6 Å². The standard InChI is InChI=1S/C13H15N3O3S/c1-3-10-8-12(17)15-13(14-10)16-20(18,19)11-6-4-9(2)5-7-11/h4-8H,3H2,1-2H3,(H2,14,15,16,17). The molecule has 106 valence electrons. The Balaban J connectivity index is 2.35. The van der Waals surface area contributed by atoms with Gasteiger partial charge in [-0.3, -0.25) is 9.78 Å². The molecule has 0 saturated carbocycles. The Morgan fingerprint density at radius 1 is 1.25 bits per heavy atom. The van der Waals surface area contributed by atoms with Crippen LogP contribution < -0.4 is 10.3 Å². The molecule has 0 spiro atoms. The molecule has 0 aliphatic heterocycles. The van der Waals surface area contributed by atoms with Crippen LogP contribution >= 0.6 is 0 Å². The number of aryl methyl sites for hydroxylation is 2. The predicted octanol–water partition coefficient (Wildman–Crippen LogP) is 1.44. The number of hydrogen-bond acceptors (Lipinski definition) is 4. The molecule has 0 radical (unpaired) electrons. The van der Waals surface area contributed by atoms with Crippen LogP contribution in [0.4, 0.5) is 5.95 Å². The molecule has 1 aromatic heterocycles. The third kappa shape index (κ3) is 3.24. The maximum atomic E-state index is 12.2. The summed E-state index contributed by atoms with van der Waals surface area (Å²) < 4.78 is 26.6. The van der Waals surface area contributed by atoms with Crippen molar-refractivity contribution < 1.29 is 8.42 Å². The average molecular weight is 293 g/mol. The van der Waals surface area contributed by atoms with Crippen LogP contribution in [0.3, 0.4) is 0 Å². The van der Waals surface area contributed by atoms with Crippen molar-refractivity contribution in [3.05, 3.63) is 51.9 Å². The number of hydrogen-bond donors (Lipinski definition) is 2. The summed E-state index contributed by atoms with van der Waals surface area (Å²) in [6.07, 6.45) is 0.545. The Labute approximate surface area is 116 Å². The van der Waals surface area contributed by atoms with E-state index in [1.807, 2.05) is 13.8 Å². The summed E-state index contributed by atoms with van der Waals surface area (Å²) >= 11 is 0. The van der Waals surface area contributed by atoms with E-state index in [0.717, 1.165) is 5.56 Å². The summed E-state index contributed by atoms with van der Waals surface area (Å²) in [6.45, 7) is 3.70. The lowest BCUT2D eigenvalue weighted by atomic mass is 10.2. The summed E-state index contributed by atoms with van der Waals surface area (Å²) in [5, 5.41) is 0. The summed E-state index contributed by atoms with van der Waals surface area (Å²) in [5.41, 5.74) is 1.09. The normalized spacial score (nSPS) is 11.3. The zero-order valence-electron chi connectivity index (χ0n) is 11.2. The van der Waals surface area contributed by atoms with Crippen LogP contribution in [0.2, 0.25) is 0 Å². The monoisotopic (exact) mass is 293 g/mol. The van der Waals surface area contributed by atoms with Crippen LogP contribution in [-0.2, 0) is 16.4 Å². The van der Waals surface area contributed by atoms with E-state index in [4.69, 9.17) is 0 Å². The zero-order chi connectivity index (χ0) is 14.8. The van der Waals surface area contributed by atoms with Gasteiger partial charge in [0.05, 0.1) is 4.90 Å². The first-order chi connectivity index (χ1) is 9.40. The predicted molar refractivity (Wildman–Crippen MR) is 76.2 cm³/mol. The quantitative estimate of drug-likeness (QED) is 0.892.